The Morgan fingerprint density at radius 3 is 3.20 bits per heavy atom. The third-order valence-corrected chi connectivity index (χ3v) is 3.14. The number of nitrogens with zero attached hydrogens (tertiary/aromatic N) is 1. The highest BCUT2D eigenvalue weighted by atomic mass is 16.5. The smallest absolute Gasteiger partial charge is 0.171 e. The Labute approximate surface area is 88.4 Å². The van der Waals surface area contributed by atoms with Crippen LogP contribution in [0.2, 0.25) is 0 Å². The van der Waals surface area contributed by atoms with E-state index in [1.165, 1.54) is 18.4 Å². The summed E-state index contributed by atoms with van der Waals surface area (Å²) in [7, 11) is 0. The van der Waals surface area contributed by atoms with Crippen molar-refractivity contribution < 1.29 is 4.52 Å². The fraction of sp³-hybridized carbons (Fsp3) is 0.417. The summed E-state index contributed by atoms with van der Waals surface area (Å²) in [6, 6.07) is 6.73. The average molecular weight is 202 g/mol. The molecule has 1 aliphatic heterocycles. The summed E-state index contributed by atoms with van der Waals surface area (Å²) in [5, 5.41) is 8.65. The summed E-state index contributed by atoms with van der Waals surface area (Å²) in [4.78, 5) is 0. The molecule has 15 heavy (non-hydrogen) atoms. The van der Waals surface area contributed by atoms with Crippen molar-refractivity contribution in [3.63, 3.8) is 0 Å². The second kappa shape index (κ2) is 3.35. The van der Waals surface area contributed by atoms with E-state index in [0.29, 0.717) is 6.04 Å². The minimum Gasteiger partial charge on any atom is -0.356 e. The quantitative estimate of drug-likeness (QED) is 0.772. The van der Waals surface area contributed by atoms with Crippen LogP contribution in [0.1, 0.15) is 30.1 Å². The normalized spacial score (nSPS) is 21.3. The van der Waals surface area contributed by atoms with E-state index in [2.05, 4.69) is 28.7 Å². The first-order valence-electron chi connectivity index (χ1n) is 5.44. The number of para-hydroxylation sites is 1. The van der Waals surface area contributed by atoms with Gasteiger partial charge >= 0.3 is 0 Å². The van der Waals surface area contributed by atoms with Gasteiger partial charge in [-0.25, -0.2) is 0 Å². The van der Waals surface area contributed by atoms with E-state index < -0.39 is 0 Å². The molecule has 1 saturated heterocycles. The number of nitrogens with one attached hydrogen (secondary N) is 1. The number of hydrogen-bond donors (Lipinski definition) is 1. The molecule has 1 aliphatic rings. The molecule has 1 unspecified atom stereocenters. The monoisotopic (exact) mass is 202 g/mol. The Hall–Kier alpha value is -1.35. The average Bonchev–Trinajstić information content (AvgIpc) is 2.88. The van der Waals surface area contributed by atoms with E-state index in [9.17, 15) is 0 Å². The van der Waals surface area contributed by atoms with Crippen LogP contribution >= 0.6 is 0 Å². The molecule has 0 radical (unpaired) electrons. The van der Waals surface area contributed by atoms with Crippen LogP contribution in [-0.4, -0.2) is 11.7 Å². The number of aromatic nitrogens is 1. The fourth-order valence-corrected chi connectivity index (χ4v) is 2.33. The molecule has 2 aromatic rings. The number of benzene rings is 1. The van der Waals surface area contributed by atoms with Gasteiger partial charge in [0, 0.05) is 17.0 Å². The highest BCUT2D eigenvalue weighted by Gasteiger charge is 2.20. The van der Waals surface area contributed by atoms with Crippen LogP contribution in [0.4, 0.5) is 0 Å². The molecule has 78 valence electrons. The Bertz CT molecular complexity index is 483. The lowest BCUT2D eigenvalue weighted by Gasteiger charge is -2.09. The van der Waals surface area contributed by atoms with Gasteiger partial charge in [0.2, 0.25) is 0 Å². The van der Waals surface area contributed by atoms with E-state index in [4.69, 9.17) is 4.52 Å². The summed E-state index contributed by atoms with van der Waals surface area (Å²) in [5.41, 5.74) is 3.19. The van der Waals surface area contributed by atoms with Crippen molar-refractivity contribution in [2.24, 2.45) is 0 Å². The Kier molecular flexibility index (Phi) is 1.99. The van der Waals surface area contributed by atoms with Crippen molar-refractivity contribution >= 4 is 11.0 Å². The molecule has 1 atom stereocenters. The SMILES string of the molecule is Cc1noc2c(C3CCCN3)cccc12. The summed E-state index contributed by atoms with van der Waals surface area (Å²) in [5.74, 6) is 0. The standard InChI is InChI=1S/C12H14N2O/c1-8-9-4-2-5-10(12(9)15-14-8)11-6-3-7-13-11/h2,4-5,11,13H,3,6-7H2,1H3. The maximum Gasteiger partial charge on any atom is 0.171 e. The Balaban J connectivity index is 2.17. The van der Waals surface area contributed by atoms with Gasteiger partial charge < -0.3 is 9.84 Å². The molecule has 1 aromatic carbocycles. The molecular weight excluding hydrogens is 188 g/mol. The molecule has 3 heteroatoms. The molecule has 2 heterocycles. The number of rotatable bonds is 1. The molecule has 1 fully saturated rings. The molecule has 1 aromatic heterocycles. The van der Waals surface area contributed by atoms with Crippen LogP contribution in [0, 0.1) is 6.92 Å². The van der Waals surface area contributed by atoms with Crippen molar-refractivity contribution in [1.29, 1.82) is 0 Å². The molecular formula is C12H14N2O. The third kappa shape index (κ3) is 1.35. The van der Waals surface area contributed by atoms with Gasteiger partial charge in [-0.1, -0.05) is 17.3 Å². The lowest BCUT2D eigenvalue weighted by Crippen LogP contribution is -2.12. The largest absolute Gasteiger partial charge is 0.356 e. The van der Waals surface area contributed by atoms with Crippen LogP contribution in [0.5, 0.6) is 0 Å². The molecule has 3 nitrogen and oxygen atoms in total. The lowest BCUT2D eigenvalue weighted by atomic mass is 10.0. The van der Waals surface area contributed by atoms with Gasteiger partial charge in [0.15, 0.2) is 5.58 Å². The van der Waals surface area contributed by atoms with Crippen molar-refractivity contribution in [2.45, 2.75) is 25.8 Å². The van der Waals surface area contributed by atoms with Crippen molar-refractivity contribution in [2.75, 3.05) is 6.54 Å². The lowest BCUT2D eigenvalue weighted by molar-refractivity contribution is 0.444. The Morgan fingerprint density at radius 1 is 1.47 bits per heavy atom. The number of fused-ring (bicyclic) bond motifs is 1. The van der Waals surface area contributed by atoms with Gasteiger partial charge in [0.05, 0.1) is 5.69 Å². The third-order valence-electron chi connectivity index (χ3n) is 3.14. The van der Waals surface area contributed by atoms with Gasteiger partial charge in [-0.3, -0.25) is 0 Å². The topological polar surface area (TPSA) is 38.1 Å². The molecule has 0 aliphatic carbocycles. The highest BCUT2D eigenvalue weighted by Crippen LogP contribution is 2.30. The predicted octanol–water partition coefficient (Wildman–Crippen LogP) is 2.56. The van der Waals surface area contributed by atoms with Gasteiger partial charge in [0.1, 0.15) is 0 Å². The number of aryl methyl sites for hydroxylation is 1. The van der Waals surface area contributed by atoms with Gasteiger partial charge in [-0.05, 0) is 32.4 Å². The second-order valence-corrected chi connectivity index (χ2v) is 4.14. The minimum absolute atomic E-state index is 0.445. The summed E-state index contributed by atoms with van der Waals surface area (Å²) in [6.07, 6.45) is 2.44. The molecule has 0 bridgehead atoms. The Morgan fingerprint density at radius 2 is 2.40 bits per heavy atom. The zero-order chi connectivity index (χ0) is 10.3. The van der Waals surface area contributed by atoms with Gasteiger partial charge in [-0.2, -0.15) is 0 Å². The summed E-state index contributed by atoms with van der Waals surface area (Å²) in [6.45, 7) is 3.09. The van der Waals surface area contributed by atoms with Crippen molar-refractivity contribution in [1.82, 2.24) is 10.5 Å². The summed E-state index contributed by atoms with van der Waals surface area (Å²) < 4.78 is 5.40. The minimum atomic E-state index is 0.445. The molecule has 3 rings (SSSR count). The first-order valence-corrected chi connectivity index (χ1v) is 5.44. The zero-order valence-electron chi connectivity index (χ0n) is 8.79. The zero-order valence-corrected chi connectivity index (χ0v) is 8.79. The fourth-order valence-electron chi connectivity index (χ4n) is 2.33. The van der Waals surface area contributed by atoms with E-state index in [1.807, 2.05) is 6.92 Å². The van der Waals surface area contributed by atoms with E-state index in [1.54, 1.807) is 0 Å². The van der Waals surface area contributed by atoms with Crippen molar-refractivity contribution in [3.05, 3.63) is 29.5 Å². The maximum atomic E-state index is 5.40. The van der Waals surface area contributed by atoms with Crippen LogP contribution in [0.25, 0.3) is 11.0 Å². The van der Waals surface area contributed by atoms with E-state index >= 15 is 0 Å². The van der Waals surface area contributed by atoms with Crippen LogP contribution < -0.4 is 5.32 Å². The van der Waals surface area contributed by atoms with E-state index in [-0.39, 0.29) is 0 Å². The van der Waals surface area contributed by atoms with E-state index in [0.717, 1.165) is 23.2 Å². The van der Waals surface area contributed by atoms with Gasteiger partial charge in [-0.15, -0.1) is 0 Å². The van der Waals surface area contributed by atoms with Crippen LogP contribution in [-0.2, 0) is 0 Å². The second-order valence-electron chi connectivity index (χ2n) is 4.14. The van der Waals surface area contributed by atoms with Crippen LogP contribution in [0.3, 0.4) is 0 Å². The first kappa shape index (κ1) is 8.92. The summed E-state index contributed by atoms with van der Waals surface area (Å²) >= 11 is 0. The predicted molar refractivity (Wildman–Crippen MR) is 58.7 cm³/mol. The maximum absolute atomic E-state index is 5.40. The van der Waals surface area contributed by atoms with Crippen LogP contribution in [0.15, 0.2) is 22.7 Å². The highest BCUT2D eigenvalue weighted by molar-refractivity contribution is 5.82. The molecule has 0 saturated carbocycles. The molecule has 1 N–H and O–H groups in total. The number of hydrogen-bond acceptors (Lipinski definition) is 3. The first-order chi connectivity index (χ1) is 7.36. The molecule has 0 spiro atoms. The van der Waals surface area contributed by atoms with Crippen molar-refractivity contribution in [3.8, 4) is 0 Å². The van der Waals surface area contributed by atoms with Gasteiger partial charge in [0.25, 0.3) is 0 Å². The molecule has 0 amide bonds.